The predicted molar refractivity (Wildman–Crippen MR) is 120 cm³/mol. The number of benzene rings is 2. The molecular weight excluding hydrogens is 409 g/mol. The second-order valence-corrected chi connectivity index (χ2v) is 8.85. The first-order chi connectivity index (χ1) is 14.9. The topological polar surface area (TPSA) is 105 Å². The molecule has 1 aromatic heterocycles. The maximum absolute atomic E-state index is 13.4. The average molecular weight is 433 g/mol. The zero-order chi connectivity index (χ0) is 23.3. The number of carbonyl (C=O) groups excluding carboxylic acids is 2. The molecule has 32 heavy (non-hydrogen) atoms. The molecule has 0 aliphatic carbocycles. The summed E-state index contributed by atoms with van der Waals surface area (Å²) in [6, 6.07) is 14.0. The Hall–Kier alpha value is -3.42. The van der Waals surface area contributed by atoms with Crippen molar-refractivity contribution in [1.82, 2.24) is 4.98 Å². The fraction of sp³-hybridized carbons (Fsp3) is 0.240. The summed E-state index contributed by atoms with van der Waals surface area (Å²) in [4.78, 5) is 29.5. The van der Waals surface area contributed by atoms with Crippen molar-refractivity contribution in [1.29, 1.82) is 0 Å². The average Bonchev–Trinajstić information content (AvgIpc) is 3.12. The van der Waals surface area contributed by atoms with E-state index in [1.807, 2.05) is 0 Å². The van der Waals surface area contributed by atoms with Crippen molar-refractivity contribution < 1.29 is 19.1 Å². The van der Waals surface area contributed by atoms with Crippen molar-refractivity contribution >= 4 is 17.4 Å². The molecule has 1 aliphatic heterocycles. The van der Waals surface area contributed by atoms with Gasteiger partial charge in [0.25, 0.3) is 0 Å². The number of nitrogens with zero attached hydrogens (tertiary/aromatic N) is 1. The first-order valence-electron chi connectivity index (χ1n) is 10.2. The van der Waals surface area contributed by atoms with E-state index in [-0.39, 0.29) is 29.4 Å². The number of hydrogen-bond donors (Lipinski definition) is 3. The van der Waals surface area contributed by atoms with Crippen LogP contribution in [0.3, 0.4) is 0 Å². The summed E-state index contributed by atoms with van der Waals surface area (Å²) < 4.78 is 13.4. The minimum atomic E-state index is -1.97. The lowest BCUT2D eigenvalue weighted by Crippen LogP contribution is -2.35. The van der Waals surface area contributed by atoms with Crippen LogP contribution in [0.25, 0.3) is 11.3 Å². The van der Waals surface area contributed by atoms with E-state index in [0.29, 0.717) is 22.5 Å². The van der Waals surface area contributed by atoms with Crippen LogP contribution in [0.4, 0.5) is 10.1 Å². The van der Waals surface area contributed by atoms with Crippen molar-refractivity contribution in [2.45, 2.75) is 38.3 Å². The molecule has 0 saturated heterocycles. The van der Waals surface area contributed by atoms with Gasteiger partial charge in [0.05, 0.1) is 17.8 Å². The van der Waals surface area contributed by atoms with Crippen LogP contribution in [-0.2, 0) is 22.4 Å². The van der Waals surface area contributed by atoms with E-state index in [9.17, 15) is 19.1 Å². The molecule has 0 saturated carbocycles. The zero-order valence-electron chi connectivity index (χ0n) is 18.1. The van der Waals surface area contributed by atoms with Gasteiger partial charge >= 0.3 is 0 Å². The van der Waals surface area contributed by atoms with Gasteiger partial charge in [0, 0.05) is 22.4 Å². The standard InChI is InChI=1S/C25H24FN3O3/c1-24(2,27)17-12-20(14-6-8-18(26)9-7-14)28-21(13-17)25(3,32)23(31)16-5-4-15-11-22(30)29-19(15)10-16/h4-10,12-13,32H,11,27H2,1-3H3,(H,29,30). The Morgan fingerprint density at radius 3 is 2.44 bits per heavy atom. The van der Waals surface area contributed by atoms with E-state index in [2.05, 4.69) is 10.3 Å². The minimum absolute atomic E-state index is 0.127. The number of hydrogen-bond acceptors (Lipinski definition) is 5. The maximum Gasteiger partial charge on any atom is 0.228 e. The van der Waals surface area contributed by atoms with Crippen LogP contribution in [0.2, 0.25) is 0 Å². The highest BCUT2D eigenvalue weighted by Gasteiger charge is 2.37. The number of fused-ring (bicyclic) bond motifs is 1. The number of pyridine rings is 1. The summed E-state index contributed by atoms with van der Waals surface area (Å²) in [5.74, 6) is -1.08. The highest BCUT2D eigenvalue weighted by molar-refractivity contribution is 6.05. The molecule has 4 rings (SSSR count). The first-order valence-corrected chi connectivity index (χ1v) is 10.2. The van der Waals surface area contributed by atoms with E-state index in [1.54, 1.807) is 56.3 Å². The Morgan fingerprint density at radius 2 is 1.78 bits per heavy atom. The minimum Gasteiger partial charge on any atom is -0.376 e. The number of ketones is 1. The number of nitrogens with one attached hydrogen (secondary N) is 1. The third-order valence-electron chi connectivity index (χ3n) is 5.65. The zero-order valence-corrected chi connectivity index (χ0v) is 18.1. The maximum atomic E-state index is 13.4. The normalized spacial score (nSPS) is 15.1. The lowest BCUT2D eigenvalue weighted by atomic mass is 9.86. The molecular formula is C25H24FN3O3. The Labute approximate surface area is 185 Å². The molecule has 0 spiro atoms. The number of rotatable bonds is 5. The molecule has 1 atom stereocenters. The Bertz CT molecular complexity index is 1230. The third-order valence-corrected chi connectivity index (χ3v) is 5.65. The highest BCUT2D eigenvalue weighted by Crippen LogP contribution is 2.33. The number of halogens is 1. The summed E-state index contributed by atoms with van der Waals surface area (Å²) >= 11 is 0. The number of amides is 1. The van der Waals surface area contributed by atoms with Gasteiger partial charge in [-0.3, -0.25) is 9.59 Å². The number of anilines is 1. The van der Waals surface area contributed by atoms with E-state index in [0.717, 1.165) is 5.56 Å². The molecule has 3 aromatic rings. The number of nitrogens with two attached hydrogens (primary N) is 1. The van der Waals surface area contributed by atoms with E-state index < -0.39 is 16.9 Å². The number of Topliss-reactive ketones (excluding diaryl/α,β-unsaturated/α-hetero) is 1. The van der Waals surface area contributed by atoms with Crippen LogP contribution in [0.1, 0.15) is 48.0 Å². The van der Waals surface area contributed by atoms with Crippen LogP contribution in [-0.4, -0.2) is 21.8 Å². The lowest BCUT2D eigenvalue weighted by molar-refractivity contribution is -0.115. The number of aromatic nitrogens is 1. The molecule has 1 amide bonds. The fourth-order valence-corrected chi connectivity index (χ4v) is 3.67. The summed E-state index contributed by atoms with van der Waals surface area (Å²) in [5.41, 5.74) is 7.06. The van der Waals surface area contributed by atoms with Crippen LogP contribution < -0.4 is 11.1 Å². The van der Waals surface area contributed by atoms with Gasteiger partial charge in [-0.15, -0.1) is 0 Å². The molecule has 164 valence electrons. The quantitative estimate of drug-likeness (QED) is 0.533. The second kappa shape index (κ2) is 7.62. The smallest absolute Gasteiger partial charge is 0.228 e. The molecule has 0 radical (unpaired) electrons. The summed E-state index contributed by atoms with van der Waals surface area (Å²) in [7, 11) is 0. The molecule has 2 aromatic carbocycles. The van der Waals surface area contributed by atoms with Gasteiger partial charge < -0.3 is 16.2 Å². The SMILES string of the molecule is CC(C)(N)c1cc(-c2ccc(F)cc2)nc(C(C)(O)C(=O)c2ccc3c(c2)NC(=O)C3)c1. The summed E-state index contributed by atoms with van der Waals surface area (Å²) in [6.07, 6.45) is 0.260. The van der Waals surface area contributed by atoms with Crippen LogP contribution >= 0.6 is 0 Å². The number of carbonyl (C=O) groups is 2. The summed E-state index contributed by atoms with van der Waals surface area (Å²) in [6.45, 7) is 4.99. The molecule has 0 fully saturated rings. The van der Waals surface area contributed by atoms with Gasteiger partial charge in [-0.2, -0.15) is 0 Å². The van der Waals surface area contributed by atoms with Gasteiger partial charge in [0.15, 0.2) is 11.4 Å². The molecule has 6 nitrogen and oxygen atoms in total. The van der Waals surface area contributed by atoms with Crippen molar-refractivity contribution in [3.63, 3.8) is 0 Å². The van der Waals surface area contributed by atoms with Gasteiger partial charge in [-0.05, 0) is 74.4 Å². The van der Waals surface area contributed by atoms with Gasteiger partial charge in [-0.25, -0.2) is 9.37 Å². The number of aliphatic hydroxyl groups is 1. The van der Waals surface area contributed by atoms with Crippen LogP contribution in [0.15, 0.2) is 54.6 Å². The van der Waals surface area contributed by atoms with E-state index in [4.69, 9.17) is 5.73 Å². The lowest BCUT2D eigenvalue weighted by Gasteiger charge is -2.26. The van der Waals surface area contributed by atoms with E-state index in [1.165, 1.54) is 19.1 Å². The third kappa shape index (κ3) is 4.04. The predicted octanol–water partition coefficient (Wildman–Crippen LogP) is 3.67. The molecule has 2 heterocycles. The summed E-state index contributed by atoms with van der Waals surface area (Å²) in [5, 5.41) is 14.0. The molecule has 1 unspecified atom stereocenters. The van der Waals surface area contributed by atoms with Crippen molar-refractivity contribution in [2.75, 3.05) is 5.32 Å². The first kappa shape index (κ1) is 21.8. The highest BCUT2D eigenvalue weighted by atomic mass is 19.1. The van der Waals surface area contributed by atoms with Gasteiger partial charge in [0.1, 0.15) is 5.82 Å². The van der Waals surface area contributed by atoms with Crippen molar-refractivity contribution in [3.05, 3.63) is 82.8 Å². The van der Waals surface area contributed by atoms with Crippen LogP contribution in [0, 0.1) is 5.82 Å². The molecule has 1 aliphatic rings. The fourth-order valence-electron chi connectivity index (χ4n) is 3.67. The monoisotopic (exact) mass is 433 g/mol. The second-order valence-electron chi connectivity index (χ2n) is 8.85. The Morgan fingerprint density at radius 1 is 1.09 bits per heavy atom. The molecule has 0 bridgehead atoms. The van der Waals surface area contributed by atoms with E-state index >= 15 is 0 Å². The molecule has 7 heteroatoms. The van der Waals surface area contributed by atoms with Crippen molar-refractivity contribution in [2.24, 2.45) is 5.73 Å². The van der Waals surface area contributed by atoms with Crippen LogP contribution in [0.5, 0.6) is 0 Å². The van der Waals surface area contributed by atoms with Gasteiger partial charge in [0.2, 0.25) is 5.91 Å². The Kier molecular flexibility index (Phi) is 5.19. The van der Waals surface area contributed by atoms with Crippen molar-refractivity contribution in [3.8, 4) is 11.3 Å². The largest absolute Gasteiger partial charge is 0.376 e. The molecule has 4 N–H and O–H groups in total. The van der Waals surface area contributed by atoms with Gasteiger partial charge in [-0.1, -0.05) is 12.1 Å². The Balaban J connectivity index is 1.79.